The van der Waals surface area contributed by atoms with E-state index in [1.807, 2.05) is 6.92 Å². The van der Waals surface area contributed by atoms with Crippen LogP contribution in [0.2, 0.25) is 0 Å². The molecule has 1 aliphatic carbocycles. The molecule has 0 aromatic rings. The van der Waals surface area contributed by atoms with Gasteiger partial charge in [-0.1, -0.05) is 0 Å². The molecule has 2 N–H and O–H groups in total. The van der Waals surface area contributed by atoms with Gasteiger partial charge in [0.2, 0.25) is 0 Å². The predicted molar refractivity (Wildman–Crippen MR) is 71.3 cm³/mol. The SMILES string of the molecule is CCOC(=O)C12CC(CO)(C1)OC21CCNCC1.Cl. The van der Waals surface area contributed by atoms with Gasteiger partial charge in [0, 0.05) is 0 Å². The van der Waals surface area contributed by atoms with E-state index in [4.69, 9.17) is 9.47 Å². The zero-order valence-corrected chi connectivity index (χ0v) is 12.1. The molecular weight excluding hydrogens is 270 g/mol. The minimum absolute atomic E-state index is 0. The standard InChI is InChI=1S/C13H21NO4.ClH/c1-2-17-10(16)12-7-11(8-12,9-15)18-13(12)3-5-14-6-4-13;/h14-15H,2-9H2,1H3;1H. The molecule has 0 aromatic carbocycles. The molecule has 110 valence electrons. The molecule has 4 rings (SSSR count). The van der Waals surface area contributed by atoms with Crippen LogP contribution in [0, 0.1) is 5.41 Å². The van der Waals surface area contributed by atoms with Gasteiger partial charge in [0.05, 0.1) is 24.4 Å². The fourth-order valence-corrected chi connectivity index (χ4v) is 4.11. The summed E-state index contributed by atoms with van der Waals surface area (Å²) in [5.41, 5.74) is -1.40. The van der Waals surface area contributed by atoms with E-state index in [2.05, 4.69) is 5.32 Å². The second kappa shape index (κ2) is 4.88. The Bertz CT molecular complexity index is 362. The Morgan fingerprint density at radius 2 is 2.00 bits per heavy atom. The topological polar surface area (TPSA) is 67.8 Å². The van der Waals surface area contributed by atoms with Gasteiger partial charge in [-0.15, -0.1) is 12.4 Å². The molecule has 6 heteroatoms. The lowest BCUT2D eigenvalue weighted by atomic mass is 9.54. The molecule has 19 heavy (non-hydrogen) atoms. The Hall–Kier alpha value is -0.360. The van der Waals surface area contributed by atoms with Crippen LogP contribution in [-0.4, -0.2) is 48.6 Å². The van der Waals surface area contributed by atoms with Crippen molar-refractivity contribution >= 4 is 18.4 Å². The number of hydrogen-bond acceptors (Lipinski definition) is 5. The molecule has 3 heterocycles. The van der Waals surface area contributed by atoms with E-state index in [-0.39, 0.29) is 25.0 Å². The molecule has 1 saturated carbocycles. The molecule has 0 atom stereocenters. The normalized spacial score (nSPS) is 38.4. The molecule has 4 aliphatic rings. The summed E-state index contributed by atoms with van der Waals surface area (Å²) in [6, 6.07) is 0. The van der Waals surface area contributed by atoms with Crippen LogP contribution in [0.5, 0.6) is 0 Å². The second-order valence-electron chi connectivity index (χ2n) is 5.84. The van der Waals surface area contributed by atoms with Crippen molar-refractivity contribution in [2.24, 2.45) is 5.41 Å². The average Bonchev–Trinajstić information content (AvgIpc) is 2.75. The highest BCUT2D eigenvalue weighted by Gasteiger charge is 2.78. The summed E-state index contributed by atoms with van der Waals surface area (Å²) in [5.74, 6) is -0.131. The van der Waals surface area contributed by atoms with E-state index < -0.39 is 16.6 Å². The van der Waals surface area contributed by atoms with Crippen molar-refractivity contribution in [3.63, 3.8) is 0 Å². The summed E-state index contributed by atoms with van der Waals surface area (Å²) in [4.78, 5) is 12.3. The lowest BCUT2D eigenvalue weighted by molar-refractivity contribution is -0.166. The first-order valence-electron chi connectivity index (χ1n) is 6.81. The monoisotopic (exact) mass is 291 g/mol. The first kappa shape index (κ1) is 15.0. The lowest BCUT2D eigenvalue weighted by Crippen LogP contribution is -2.58. The fourth-order valence-electron chi connectivity index (χ4n) is 4.11. The van der Waals surface area contributed by atoms with Crippen molar-refractivity contribution in [3.05, 3.63) is 0 Å². The van der Waals surface area contributed by atoms with Crippen LogP contribution in [0.1, 0.15) is 32.6 Å². The maximum absolute atomic E-state index is 12.3. The summed E-state index contributed by atoms with van der Waals surface area (Å²) < 4.78 is 11.4. The third-order valence-electron chi connectivity index (χ3n) is 4.90. The van der Waals surface area contributed by atoms with Gasteiger partial charge in [0.25, 0.3) is 0 Å². The van der Waals surface area contributed by atoms with Gasteiger partial charge in [-0.2, -0.15) is 0 Å². The zero-order valence-electron chi connectivity index (χ0n) is 11.2. The third-order valence-corrected chi connectivity index (χ3v) is 4.90. The highest BCUT2D eigenvalue weighted by molar-refractivity contribution is 5.85. The first-order chi connectivity index (χ1) is 8.62. The van der Waals surface area contributed by atoms with Crippen LogP contribution in [0.4, 0.5) is 0 Å². The molecule has 4 fully saturated rings. The first-order valence-corrected chi connectivity index (χ1v) is 6.81. The number of nitrogens with one attached hydrogen (secondary N) is 1. The maximum atomic E-state index is 12.3. The van der Waals surface area contributed by atoms with E-state index in [0.29, 0.717) is 19.4 Å². The van der Waals surface area contributed by atoms with Gasteiger partial charge in [0.1, 0.15) is 5.41 Å². The molecule has 0 aromatic heterocycles. The number of aliphatic hydroxyl groups is 1. The average molecular weight is 292 g/mol. The second-order valence-corrected chi connectivity index (χ2v) is 5.84. The maximum Gasteiger partial charge on any atom is 0.315 e. The van der Waals surface area contributed by atoms with Crippen molar-refractivity contribution in [1.29, 1.82) is 0 Å². The number of hydrogen-bond donors (Lipinski definition) is 2. The summed E-state index contributed by atoms with van der Waals surface area (Å²) in [5, 5.41) is 12.8. The van der Waals surface area contributed by atoms with Crippen LogP contribution in [0.15, 0.2) is 0 Å². The molecule has 1 spiro atoms. The van der Waals surface area contributed by atoms with Crippen LogP contribution >= 0.6 is 12.4 Å². The fraction of sp³-hybridized carbons (Fsp3) is 0.923. The van der Waals surface area contributed by atoms with Crippen LogP contribution in [0.25, 0.3) is 0 Å². The number of esters is 1. The number of halogens is 1. The summed E-state index contributed by atoms with van der Waals surface area (Å²) >= 11 is 0. The Morgan fingerprint density at radius 3 is 2.53 bits per heavy atom. The van der Waals surface area contributed by atoms with E-state index in [9.17, 15) is 9.90 Å². The Labute approximate surface area is 119 Å². The van der Waals surface area contributed by atoms with Crippen LogP contribution in [-0.2, 0) is 14.3 Å². The Kier molecular flexibility index (Phi) is 3.86. The molecule has 5 nitrogen and oxygen atoms in total. The number of rotatable bonds is 3. The van der Waals surface area contributed by atoms with Gasteiger partial charge in [-0.25, -0.2) is 0 Å². The molecule has 2 bridgehead atoms. The molecule has 0 unspecified atom stereocenters. The zero-order chi connectivity index (χ0) is 12.9. The van der Waals surface area contributed by atoms with E-state index in [0.717, 1.165) is 25.9 Å². The van der Waals surface area contributed by atoms with E-state index >= 15 is 0 Å². The molecule has 3 aliphatic heterocycles. The number of piperidine rings is 1. The Morgan fingerprint density at radius 1 is 1.37 bits per heavy atom. The number of ether oxygens (including phenoxy) is 2. The highest BCUT2D eigenvalue weighted by atomic mass is 35.5. The lowest BCUT2D eigenvalue weighted by Gasteiger charge is -2.46. The summed E-state index contributed by atoms with van der Waals surface area (Å²) in [6.07, 6.45) is 2.89. The van der Waals surface area contributed by atoms with Crippen molar-refractivity contribution in [1.82, 2.24) is 5.32 Å². The predicted octanol–water partition coefficient (Wildman–Crippen LogP) is 0.635. The van der Waals surface area contributed by atoms with Crippen molar-refractivity contribution in [2.45, 2.75) is 43.8 Å². The van der Waals surface area contributed by atoms with Gasteiger partial charge in [-0.05, 0) is 45.7 Å². The number of carbonyl (C=O) groups is 1. The minimum atomic E-state index is -0.506. The van der Waals surface area contributed by atoms with Gasteiger partial charge in [-0.3, -0.25) is 4.79 Å². The smallest absolute Gasteiger partial charge is 0.315 e. The summed E-state index contributed by atoms with van der Waals surface area (Å²) in [6.45, 7) is 3.97. The van der Waals surface area contributed by atoms with E-state index in [1.165, 1.54) is 0 Å². The van der Waals surface area contributed by atoms with E-state index in [1.54, 1.807) is 0 Å². The molecular formula is C13H22ClNO4. The van der Waals surface area contributed by atoms with Gasteiger partial charge < -0.3 is 19.9 Å². The van der Waals surface area contributed by atoms with Crippen LogP contribution in [0.3, 0.4) is 0 Å². The Balaban J connectivity index is 0.00000133. The molecule has 0 amide bonds. The minimum Gasteiger partial charge on any atom is -0.465 e. The largest absolute Gasteiger partial charge is 0.465 e. The van der Waals surface area contributed by atoms with Gasteiger partial charge in [0.15, 0.2) is 0 Å². The highest BCUT2D eigenvalue weighted by Crippen LogP contribution is 2.69. The number of aliphatic hydroxyl groups excluding tert-OH is 1. The van der Waals surface area contributed by atoms with Crippen molar-refractivity contribution in [3.8, 4) is 0 Å². The van der Waals surface area contributed by atoms with Gasteiger partial charge >= 0.3 is 5.97 Å². The molecule has 3 saturated heterocycles. The van der Waals surface area contributed by atoms with Crippen molar-refractivity contribution < 1.29 is 19.4 Å². The summed E-state index contributed by atoms with van der Waals surface area (Å²) in [7, 11) is 0. The van der Waals surface area contributed by atoms with Crippen molar-refractivity contribution in [2.75, 3.05) is 26.3 Å². The number of carbonyl (C=O) groups excluding carboxylic acids is 1. The molecule has 0 radical (unpaired) electrons. The quantitative estimate of drug-likeness (QED) is 0.747. The van der Waals surface area contributed by atoms with Crippen LogP contribution < -0.4 is 5.32 Å². The third kappa shape index (κ3) is 1.82.